The molecule has 96 valence electrons. The first-order chi connectivity index (χ1) is 8.74. The van der Waals surface area contributed by atoms with Crippen molar-refractivity contribution in [1.29, 1.82) is 0 Å². The van der Waals surface area contributed by atoms with Crippen LogP contribution in [0.3, 0.4) is 0 Å². The summed E-state index contributed by atoms with van der Waals surface area (Å²) < 4.78 is 11.1. The fourth-order valence-electron chi connectivity index (χ4n) is 2.58. The Kier molecular flexibility index (Phi) is 3.10. The number of rotatable bonds is 2. The molecule has 1 N–H and O–H groups in total. The Labute approximate surface area is 106 Å². The summed E-state index contributed by atoms with van der Waals surface area (Å²) in [6.45, 7) is 3.48. The third-order valence-electron chi connectivity index (χ3n) is 3.62. The second-order valence-corrected chi connectivity index (χ2v) is 5.11. The quantitative estimate of drug-likeness (QED) is 0.884. The highest BCUT2D eigenvalue weighted by Gasteiger charge is 2.26. The average Bonchev–Trinajstić information content (AvgIpc) is 2.81. The summed E-state index contributed by atoms with van der Waals surface area (Å²) in [4.78, 5) is 0. The first-order valence-corrected chi connectivity index (χ1v) is 6.50. The number of aryl methyl sites for hydroxylation is 1. The van der Waals surface area contributed by atoms with Crippen molar-refractivity contribution in [2.75, 3.05) is 13.2 Å². The van der Waals surface area contributed by atoms with Crippen molar-refractivity contribution in [2.45, 2.75) is 25.9 Å². The minimum atomic E-state index is -0.557. The van der Waals surface area contributed by atoms with E-state index in [1.807, 2.05) is 18.2 Å². The van der Waals surface area contributed by atoms with E-state index in [0.29, 0.717) is 12.4 Å². The lowest BCUT2D eigenvalue weighted by atomic mass is 9.94. The van der Waals surface area contributed by atoms with Crippen LogP contribution in [0.5, 0.6) is 0 Å². The molecule has 0 radical (unpaired) electrons. The molecule has 0 aliphatic carbocycles. The summed E-state index contributed by atoms with van der Waals surface area (Å²) >= 11 is 0. The maximum atomic E-state index is 10.3. The summed E-state index contributed by atoms with van der Waals surface area (Å²) in [5.74, 6) is 0.812. The number of hydrogen-bond donors (Lipinski definition) is 1. The Morgan fingerprint density at radius 1 is 1.33 bits per heavy atom. The molecule has 0 amide bonds. The molecule has 0 saturated carbocycles. The Morgan fingerprint density at radius 3 is 3.00 bits per heavy atom. The zero-order chi connectivity index (χ0) is 12.5. The van der Waals surface area contributed by atoms with Gasteiger partial charge in [0.1, 0.15) is 17.4 Å². The van der Waals surface area contributed by atoms with Crippen LogP contribution in [0.2, 0.25) is 0 Å². The second-order valence-electron chi connectivity index (χ2n) is 5.11. The van der Waals surface area contributed by atoms with Gasteiger partial charge in [0.25, 0.3) is 0 Å². The molecule has 3 rings (SSSR count). The van der Waals surface area contributed by atoms with Crippen molar-refractivity contribution in [3.63, 3.8) is 0 Å². The highest BCUT2D eigenvalue weighted by molar-refractivity contribution is 5.78. The van der Waals surface area contributed by atoms with E-state index in [9.17, 15) is 5.11 Å². The molecule has 18 heavy (non-hydrogen) atoms. The molecule has 2 unspecified atom stereocenters. The predicted molar refractivity (Wildman–Crippen MR) is 69.5 cm³/mol. The van der Waals surface area contributed by atoms with Crippen LogP contribution in [0.25, 0.3) is 11.0 Å². The molecule has 0 spiro atoms. The van der Waals surface area contributed by atoms with E-state index < -0.39 is 6.10 Å². The van der Waals surface area contributed by atoms with Gasteiger partial charge in [-0.25, -0.2) is 0 Å². The van der Waals surface area contributed by atoms with E-state index in [4.69, 9.17) is 9.15 Å². The first kappa shape index (κ1) is 11.8. The lowest BCUT2D eigenvalue weighted by Crippen LogP contribution is -2.23. The minimum Gasteiger partial charge on any atom is -0.458 e. The maximum absolute atomic E-state index is 10.3. The Balaban J connectivity index is 1.88. The molecule has 0 bridgehead atoms. The summed E-state index contributed by atoms with van der Waals surface area (Å²) in [7, 11) is 0. The Hall–Kier alpha value is -1.32. The number of hydrogen-bond acceptors (Lipinski definition) is 3. The van der Waals surface area contributed by atoms with Crippen molar-refractivity contribution >= 4 is 11.0 Å². The third kappa shape index (κ3) is 2.16. The van der Waals surface area contributed by atoms with Crippen LogP contribution in [-0.2, 0) is 4.74 Å². The van der Waals surface area contributed by atoms with Gasteiger partial charge in [-0.15, -0.1) is 0 Å². The van der Waals surface area contributed by atoms with Gasteiger partial charge in [-0.3, -0.25) is 0 Å². The molecular formula is C15H18O3. The van der Waals surface area contributed by atoms with Crippen LogP contribution < -0.4 is 0 Å². The van der Waals surface area contributed by atoms with Crippen LogP contribution in [0, 0.1) is 12.8 Å². The minimum absolute atomic E-state index is 0.153. The molecule has 1 aliphatic rings. The molecule has 3 nitrogen and oxygen atoms in total. The summed E-state index contributed by atoms with van der Waals surface area (Å²) in [6, 6.07) is 8.00. The number of aliphatic hydroxyl groups is 1. The van der Waals surface area contributed by atoms with Crippen molar-refractivity contribution in [3.05, 3.63) is 35.6 Å². The van der Waals surface area contributed by atoms with Gasteiger partial charge >= 0.3 is 0 Å². The average molecular weight is 246 g/mol. The number of benzene rings is 1. The van der Waals surface area contributed by atoms with Crippen LogP contribution >= 0.6 is 0 Å². The predicted octanol–water partition coefficient (Wildman–Crippen LogP) is 3.20. The van der Waals surface area contributed by atoms with E-state index in [0.717, 1.165) is 30.4 Å². The largest absolute Gasteiger partial charge is 0.458 e. The van der Waals surface area contributed by atoms with Gasteiger partial charge in [-0.05, 0) is 38.0 Å². The molecule has 3 heteroatoms. The molecule has 1 aromatic carbocycles. The van der Waals surface area contributed by atoms with Gasteiger partial charge in [0.15, 0.2) is 0 Å². The van der Waals surface area contributed by atoms with Gasteiger partial charge in [0, 0.05) is 17.9 Å². The Morgan fingerprint density at radius 2 is 2.22 bits per heavy atom. The standard InChI is InChI=1S/C15H18O3/c1-10-4-5-13-12(7-10)8-14(18-13)15(16)11-3-2-6-17-9-11/h4-5,7-8,11,15-16H,2-3,6,9H2,1H3. The molecular weight excluding hydrogens is 228 g/mol. The molecule has 2 atom stereocenters. The Bertz CT molecular complexity index is 538. The molecule has 1 saturated heterocycles. The van der Waals surface area contributed by atoms with E-state index in [2.05, 4.69) is 13.0 Å². The highest BCUT2D eigenvalue weighted by Crippen LogP contribution is 2.32. The molecule has 2 aromatic rings. The highest BCUT2D eigenvalue weighted by atomic mass is 16.5. The normalized spacial score (nSPS) is 22.2. The summed E-state index contributed by atoms with van der Waals surface area (Å²) in [6.07, 6.45) is 1.45. The van der Waals surface area contributed by atoms with E-state index >= 15 is 0 Å². The van der Waals surface area contributed by atoms with Crippen molar-refractivity contribution < 1.29 is 14.3 Å². The fourth-order valence-corrected chi connectivity index (χ4v) is 2.58. The molecule has 1 fully saturated rings. The molecule has 2 heterocycles. The summed E-state index contributed by atoms with van der Waals surface area (Å²) in [5, 5.41) is 11.4. The van der Waals surface area contributed by atoms with Crippen LogP contribution in [0.4, 0.5) is 0 Å². The number of furan rings is 1. The zero-order valence-corrected chi connectivity index (χ0v) is 10.6. The SMILES string of the molecule is Cc1ccc2oc(C(O)C3CCCOC3)cc2c1. The van der Waals surface area contributed by atoms with Gasteiger partial charge in [-0.1, -0.05) is 11.6 Å². The van der Waals surface area contributed by atoms with E-state index in [1.165, 1.54) is 5.56 Å². The van der Waals surface area contributed by atoms with E-state index in [-0.39, 0.29) is 5.92 Å². The topological polar surface area (TPSA) is 42.6 Å². The molecule has 1 aliphatic heterocycles. The summed E-state index contributed by atoms with van der Waals surface area (Å²) in [5.41, 5.74) is 2.04. The van der Waals surface area contributed by atoms with Crippen LogP contribution in [0.15, 0.2) is 28.7 Å². The van der Waals surface area contributed by atoms with Crippen LogP contribution in [-0.4, -0.2) is 18.3 Å². The maximum Gasteiger partial charge on any atom is 0.134 e. The number of ether oxygens (including phenoxy) is 1. The van der Waals surface area contributed by atoms with E-state index in [1.54, 1.807) is 0 Å². The van der Waals surface area contributed by atoms with Crippen LogP contribution in [0.1, 0.15) is 30.3 Å². The first-order valence-electron chi connectivity index (χ1n) is 6.50. The molecule has 1 aromatic heterocycles. The van der Waals surface area contributed by atoms with Gasteiger partial charge in [-0.2, -0.15) is 0 Å². The second kappa shape index (κ2) is 4.75. The van der Waals surface area contributed by atoms with Gasteiger partial charge < -0.3 is 14.3 Å². The third-order valence-corrected chi connectivity index (χ3v) is 3.62. The van der Waals surface area contributed by atoms with Crippen molar-refractivity contribution in [2.24, 2.45) is 5.92 Å². The van der Waals surface area contributed by atoms with Crippen molar-refractivity contribution in [1.82, 2.24) is 0 Å². The lowest BCUT2D eigenvalue weighted by molar-refractivity contribution is -0.0173. The number of fused-ring (bicyclic) bond motifs is 1. The monoisotopic (exact) mass is 246 g/mol. The fraction of sp³-hybridized carbons (Fsp3) is 0.467. The van der Waals surface area contributed by atoms with Gasteiger partial charge in [0.05, 0.1) is 6.61 Å². The zero-order valence-electron chi connectivity index (χ0n) is 10.6. The van der Waals surface area contributed by atoms with Gasteiger partial charge in [0.2, 0.25) is 0 Å². The smallest absolute Gasteiger partial charge is 0.134 e. The lowest BCUT2D eigenvalue weighted by Gasteiger charge is -2.25. The number of aliphatic hydroxyl groups excluding tert-OH is 1. The van der Waals surface area contributed by atoms with Crippen molar-refractivity contribution in [3.8, 4) is 0 Å².